The summed E-state index contributed by atoms with van der Waals surface area (Å²) in [5.41, 5.74) is 0.675. The highest BCUT2D eigenvalue weighted by Crippen LogP contribution is 2.28. The highest BCUT2D eigenvalue weighted by molar-refractivity contribution is 6.32. The van der Waals surface area contributed by atoms with Gasteiger partial charge in [0.1, 0.15) is 5.75 Å². The first-order chi connectivity index (χ1) is 6.79. The highest BCUT2D eigenvalue weighted by atomic mass is 35.5. The smallest absolute Gasteiger partial charge is 0.143 e. The molecule has 74 valence electrons. The first kappa shape index (κ1) is 10.9. The van der Waals surface area contributed by atoms with Gasteiger partial charge in [-0.1, -0.05) is 23.7 Å². The maximum atomic E-state index is 9.02. The van der Waals surface area contributed by atoms with Crippen LogP contribution >= 0.6 is 11.6 Å². The normalized spacial score (nSPS) is 9.50. The van der Waals surface area contributed by atoms with Gasteiger partial charge in [-0.3, -0.25) is 0 Å². The molecular formula is C11H11ClO2. The number of ether oxygens (including phenoxy) is 1. The molecule has 0 spiro atoms. The molecule has 0 radical (unpaired) electrons. The van der Waals surface area contributed by atoms with Gasteiger partial charge in [0.05, 0.1) is 18.2 Å². The molecule has 0 aromatic heterocycles. The lowest BCUT2D eigenvalue weighted by Crippen LogP contribution is -2.00. The molecular weight excluding hydrogens is 200 g/mol. The fourth-order valence-corrected chi connectivity index (χ4v) is 1.30. The van der Waals surface area contributed by atoms with Crippen LogP contribution in [-0.2, 0) is 6.61 Å². The van der Waals surface area contributed by atoms with Crippen LogP contribution in [0.25, 0.3) is 0 Å². The largest absolute Gasteiger partial charge is 0.491 e. The van der Waals surface area contributed by atoms with Gasteiger partial charge >= 0.3 is 0 Å². The lowest BCUT2D eigenvalue weighted by molar-refractivity contribution is 0.265. The van der Waals surface area contributed by atoms with Gasteiger partial charge in [0, 0.05) is 12.0 Å². The molecule has 0 unspecified atom stereocenters. The van der Waals surface area contributed by atoms with Crippen LogP contribution in [0, 0.1) is 12.3 Å². The molecule has 0 heterocycles. The van der Waals surface area contributed by atoms with Crippen molar-refractivity contribution in [2.75, 3.05) is 6.61 Å². The van der Waals surface area contributed by atoms with Crippen LogP contribution in [0.5, 0.6) is 5.75 Å². The third kappa shape index (κ3) is 2.66. The number of halogens is 1. The van der Waals surface area contributed by atoms with Crippen molar-refractivity contribution >= 4 is 11.6 Å². The number of para-hydroxylation sites is 1. The summed E-state index contributed by atoms with van der Waals surface area (Å²) in [5, 5.41) is 9.51. The van der Waals surface area contributed by atoms with Gasteiger partial charge in [-0.25, -0.2) is 0 Å². The van der Waals surface area contributed by atoms with E-state index in [1.165, 1.54) is 0 Å². The Morgan fingerprint density at radius 2 is 2.29 bits per heavy atom. The van der Waals surface area contributed by atoms with Crippen molar-refractivity contribution < 1.29 is 9.84 Å². The highest BCUT2D eigenvalue weighted by Gasteiger charge is 2.06. The van der Waals surface area contributed by atoms with E-state index in [2.05, 4.69) is 5.92 Å². The molecule has 1 rings (SSSR count). The minimum Gasteiger partial charge on any atom is -0.491 e. The molecule has 0 atom stereocenters. The summed E-state index contributed by atoms with van der Waals surface area (Å²) in [6.45, 7) is 0.319. The standard InChI is InChI=1S/C11H11ClO2/c1-2-3-7-14-11-9(8-13)5-4-6-10(11)12/h1,4-6,13H,3,7-8H2. The van der Waals surface area contributed by atoms with Crippen molar-refractivity contribution in [2.45, 2.75) is 13.0 Å². The molecule has 2 nitrogen and oxygen atoms in total. The summed E-state index contributed by atoms with van der Waals surface area (Å²) >= 11 is 5.90. The van der Waals surface area contributed by atoms with Gasteiger partial charge in [-0.15, -0.1) is 12.3 Å². The van der Waals surface area contributed by atoms with Crippen LogP contribution < -0.4 is 4.74 Å². The Morgan fingerprint density at radius 3 is 2.93 bits per heavy atom. The summed E-state index contributed by atoms with van der Waals surface area (Å²) in [4.78, 5) is 0. The van der Waals surface area contributed by atoms with Gasteiger partial charge < -0.3 is 9.84 Å². The third-order valence-corrected chi connectivity index (χ3v) is 2.01. The molecule has 1 N–H and O–H groups in total. The van der Waals surface area contributed by atoms with E-state index >= 15 is 0 Å². The maximum absolute atomic E-state index is 9.02. The lowest BCUT2D eigenvalue weighted by atomic mass is 10.2. The zero-order valence-corrected chi connectivity index (χ0v) is 8.42. The number of hydrogen-bond donors (Lipinski definition) is 1. The molecule has 0 saturated carbocycles. The summed E-state index contributed by atoms with van der Waals surface area (Å²) in [6, 6.07) is 5.24. The first-order valence-electron chi connectivity index (χ1n) is 4.24. The number of aliphatic hydroxyl groups excluding tert-OH is 1. The quantitative estimate of drug-likeness (QED) is 0.610. The van der Waals surface area contributed by atoms with Crippen LogP contribution in [0.4, 0.5) is 0 Å². The van der Waals surface area contributed by atoms with E-state index in [1.807, 2.05) is 0 Å². The Balaban J connectivity index is 2.78. The molecule has 0 amide bonds. The van der Waals surface area contributed by atoms with Gasteiger partial charge in [0.15, 0.2) is 0 Å². The second-order valence-electron chi connectivity index (χ2n) is 2.69. The van der Waals surface area contributed by atoms with Gasteiger partial charge in [-0.05, 0) is 6.07 Å². The fourth-order valence-electron chi connectivity index (χ4n) is 1.05. The fraction of sp³-hybridized carbons (Fsp3) is 0.273. The van der Waals surface area contributed by atoms with E-state index < -0.39 is 0 Å². The van der Waals surface area contributed by atoms with Gasteiger partial charge in [-0.2, -0.15) is 0 Å². The second-order valence-corrected chi connectivity index (χ2v) is 3.10. The second kappa shape index (κ2) is 5.54. The van der Waals surface area contributed by atoms with E-state index in [9.17, 15) is 0 Å². The van der Waals surface area contributed by atoms with Crippen molar-refractivity contribution in [3.8, 4) is 18.1 Å². The average molecular weight is 211 g/mol. The Hall–Kier alpha value is -1.17. The van der Waals surface area contributed by atoms with E-state index in [0.29, 0.717) is 29.4 Å². The van der Waals surface area contributed by atoms with Crippen LogP contribution in [0.3, 0.4) is 0 Å². The molecule has 14 heavy (non-hydrogen) atoms. The van der Waals surface area contributed by atoms with Crippen LogP contribution in [0.1, 0.15) is 12.0 Å². The Kier molecular flexibility index (Phi) is 4.31. The third-order valence-electron chi connectivity index (χ3n) is 1.71. The molecule has 0 aliphatic rings. The Bertz CT molecular complexity index is 342. The van der Waals surface area contributed by atoms with Crippen molar-refractivity contribution in [3.05, 3.63) is 28.8 Å². The van der Waals surface area contributed by atoms with Gasteiger partial charge in [0.2, 0.25) is 0 Å². The predicted octanol–water partition coefficient (Wildman–Crippen LogP) is 2.23. The lowest BCUT2D eigenvalue weighted by Gasteiger charge is -2.10. The summed E-state index contributed by atoms with van der Waals surface area (Å²) in [5.74, 6) is 2.98. The number of aliphatic hydroxyl groups is 1. The number of benzene rings is 1. The summed E-state index contributed by atoms with van der Waals surface area (Å²) in [7, 11) is 0. The predicted molar refractivity (Wildman–Crippen MR) is 56.3 cm³/mol. The minimum absolute atomic E-state index is 0.0913. The van der Waals surface area contributed by atoms with Gasteiger partial charge in [0.25, 0.3) is 0 Å². The van der Waals surface area contributed by atoms with Crippen LogP contribution in [0.15, 0.2) is 18.2 Å². The van der Waals surface area contributed by atoms with Crippen molar-refractivity contribution in [1.82, 2.24) is 0 Å². The molecule has 1 aromatic rings. The summed E-state index contributed by atoms with van der Waals surface area (Å²) < 4.78 is 5.36. The van der Waals surface area contributed by atoms with E-state index in [0.717, 1.165) is 0 Å². The van der Waals surface area contributed by atoms with Crippen molar-refractivity contribution in [1.29, 1.82) is 0 Å². The summed E-state index contributed by atoms with van der Waals surface area (Å²) in [6.07, 6.45) is 5.61. The average Bonchev–Trinajstić information content (AvgIpc) is 2.20. The Morgan fingerprint density at radius 1 is 1.50 bits per heavy atom. The number of rotatable bonds is 4. The molecule has 1 aromatic carbocycles. The SMILES string of the molecule is C#CCCOc1c(Cl)cccc1CO. The topological polar surface area (TPSA) is 29.5 Å². The van der Waals surface area contributed by atoms with E-state index in [-0.39, 0.29) is 6.61 Å². The van der Waals surface area contributed by atoms with Crippen LogP contribution in [0.2, 0.25) is 5.02 Å². The van der Waals surface area contributed by atoms with Crippen molar-refractivity contribution in [3.63, 3.8) is 0 Å². The Labute approximate surface area is 88.5 Å². The molecule has 3 heteroatoms. The first-order valence-corrected chi connectivity index (χ1v) is 4.62. The van der Waals surface area contributed by atoms with E-state index in [1.54, 1.807) is 18.2 Å². The monoisotopic (exact) mass is 210 g/mol. The molecule has 0 aliphatic carbocycles. The molecule has 0 saturated heterocycles. The van der Waals surface area contributed by atoms with E-state index in [4.69, 9.17) is 27.9 Å². The molecule has 0 bridgehead atoms. The molecule has 0 fully saturated rings. The van der Waals surface area contributed by atoms with Crippen LogP contribution in [-0.4, -0.2) is 11.7 Å². The maximum Gasteiger partial charge on any atom is 0.143 e. The molecule has 0 aliphatic heterocycles. The minimum atomic E-state index is -0.0913. The zero-order valence-electron chi connectivity index (χ0n) is 7.66. The van der Waals surface area contributed by atoms with Crippen molar-refractivity contribution in [2.24, 2.45) is 0 Å². The number of hydrogen-bond acceptors (Lipinski definition) is 2. The number of terminal acetylenes is 1. The zero-order chi connectivity index (χ0) is 10.4.